The number of hydrogen-bond donors (Lipinski definition) is 2. The lowest BCUT2D eigenvalue weighted by Crippen LogP contribution is -2.45. The molecule has 1 amide bonds. The van der Waals surface area contributed by atoms with Crippen LogP contribution in [0.2, 0.25) is 5.02 Å². The van der Waals surface area contributed by atoms with E-state index in [1.54, 1.807) is 19.2 Å². The van der Waals surface area contributed by atoms with Gasteiger partial charge in [0.05, 0.1) is 11.1 Å². The van der Waals surface area contributed by atoms with Gasteiger partial charge in [0, 0.05) is 25.3 Å². The summed E-state index contributed by atoms with van der Waals surface area (Å²) in [5.74, 6) is 0.658. The van der Waals surface area contributed by atoms with Crippen molar-refractivity contribution in [3.8, 4) is 0 Å². The monoisotopic (exact) mass is 304 g/mol. The average Bonchev–Trinajstić information content (AvgIpc) is 2.77. The minimum absolute atomic E-state index is 0. The first kappa shape index (κ1) is 16.0. The molecule has 0 radical (unpaired) electrons. The highest BCUT2D eigenvalue weighted by atomic mass is 35.5. The van der Waals surface area contributed by atoms with Crippen molar-refractivity contribution in [2.45, 2.75) is 25.4 Å². The zero-order valence-electron chi connectivity index (χ0n) is 10.7. The van der Waals surface area contributed by atoms with Gasteiger partial charge in [-0.05, 0) is 25.5 Å². The van der Waals surface area contributed by atoms with Crippen LogP contribution in [0.1, 0.15) is 13.3 Å². The van der Waals surface area contributed by atoms with E-state index in [0.29, 0.717) is 5.02 Å². The van der Waals surface area contributed by atoms with E-state index in [9.17, 15) is 4.79 Å². The Kier molecular flexibility index (Phi) is 5.85. The number of carbonyl (C=O) groups is 1. The molecule has 2 heterocycles. The number of rotatable bonds is 3. The maximum absolute atomic E-state index is 11.5. The van der Waals surface area contributed by atoms with E-state index in [2.05, 4.69) is 15.2 Å². The normalized spacial score (nSPS) is 19.7. The van der Waals surface area contributed by atoms with Gasteiger partial charge in [0.1, 0.15) is 5.82 Å². The molecule has 1 aromatic heterocycles. The second-order valence-electron chi connectivity index (χ2n) is 4.54. The molecular formula is C12H18Cl2N4O. The summed E-state index contributed by atoms with van der Waals surface area (Å²) in [5, 5.41) is 3.56. The van der Waals surface area contributed by atoms with Crippen LogP contribution >= 0.6 is 24.0 Å². The van der Waals surface area contributed by atoms with Crippen molar-refractivity contribution in [3.63, 3.8) is 0 Å². The summed E-state index contributed by atoms with van der Waals surface area (Å²) < 4.78 is 0. The van der Waals surface area contributed by atoms with Gasteiger partial charge >= 0.3 is 0 Å². The third kappa shape index (κ3) is 3.96. The molecule has 1 saturated heterocycles. The summed E-state index contributed by atoms with van der Waals surface area (Å²) in [4.78, 5) is 17.9. The van der Waals surface area contributed by atoms with Gasteiger partial charge < -0.3 is 16.0 Å². The Morgan fingerprint density at radius 2 is 2.42 bits per heavy atom. The summed E-state index contributed by atoms with van der Waals surface area (Å²) in [6.07, 6.45) is 2.60. The molecule has 0 saturated carbocycles. The lowest BCUT2D eigenvalue weighted by Gasteiger charge is -2.19. The van der Waals surface area contributed by atoms with Crippen LogP contribution in [0.4, 0.5) is 5.82 Å². The fourth-order valence-corrected chi connectivity index (χ4v) is 2.25. The van der Waals surface area contributed by atoms with Crippen LogP contribution in [-0.2, 0) is 4.79 Å². The molecule has 2 atom stereocenters. The molecule has 7 heteroatoms. The second-order valence-corrected chi connectivity index (χ2v) is 4.94. The van der Waals surface area contributed by atoms with Crippen molar-refractivity contribution in [1.82, 2.24) is 10.3 Å². The maximum Gasteiger partial charge on any atom is 0.236 e. The Balaban J connectivity index is 0.00000180. The Labute approximate surface area is 123 Å². The molecule has 2 unspecified atom stereocenters. The van der Waals surface area contributed by atoms with E-state index in [0.717, 1.165) is 25.3 Å². The summed E-state index contributed by atoms with van der Waals surface area (Å²) >= 11 is 6.10. The van der Waals surface area contributed by atoms with Gasteiger partial charge in [0.15, 0.2) is 0 Å². The van der Waals surface area contributed by atoms with Crippen LogP contribution in [0.5, 0.6) is 0 Å². The molecule has 5 nitrogen and oxygen atoms in total. The lowest BCUT2D eigenvalue weighted by molar-refractivity contribution is -0.122. The minimum Gasteiger partial charge on any atom is -0.353 e. The molecule has 0 spiro atoms. The minimum atomic E-state index is -0.475. The van der Waals surface area contributed by atoms with Crippen molar-refractivity contribution in [2.24, 2.45) is 5.73 Å². The number of pyridine rings is 1. The molecule has 1 aromatic rings. The number of nitrogens with two attached hydrogens (primary N) is 1. The van der Waals surface area contributed by atoms with Gasteiger partial charge in [-0.2, -0.15) is 0 Å². The van der Waals surface area contributed by atoms with Crippen molar-refractivity contribution in [2.75, 3.05) is 18.0 Å². The maximum atomic E-state index is 11.5. The van der Waals surface area contributed by atoms with E-state index in [1.807, 2.05) is 6.07 Å². The number of carbonyl (C=O) groups excluding carboxylic acids is 1. The largest absolute Gasteiger partial charge is 0.353 e. The molecule has 1 aliphatic rings. The summed E-state index contributed by atoms with van der Waals surface area (Å²) in [6, 6.07) is 3.26. The van der Waals surface area contributed by atoms with Gasteiger partial charge in [-0.25, -0.2) is 4.98 Å². The summed E-state index contributed by atoms with van der Waals surface area (Å²) in [5.41, 5.74) is 5.52. The van der Waals surface area contributed by atoms with Crippen molar-refractivity contribution in [3.05, 3.63) is 23.4 Å². The molecule has 0 aliphatic carbocycles. The first-order valence-corrected chi connectivity index (χ1v) is 6.37. The fraction of sp³-hybridized carbons (Fsp3) is 0.500. The highest BCUT2D eigenvalue weighted by Crippen LogP contribution is 2.25. The first-order valence-electron chi connectivity index (χ1n) is 5.99. The molecule has 19 heavy (non-hydrogen) atoms. The lowest BCUT2D eigenvalue weighted by atomic mass is 10.2. The van der Waals surface area contributed by atoms with E-state index in [-0.39, 0.29) is 24.4 Å². The average molecular weight is 305 g/mol. The second kappa shape index (κ2) is 6.93. The van der Waals surface area contributed by atoms with Gasteiger partial charge in [0.25, 0.3) is 0 Å². The third-order valence-corrected chi connectivity index (χ3v) is 3.28. The van der Waals surface area contributed by atoms with Gasteiger partial charge in [0.2, 0.25) is 5.91 Å². The van der Waals surface area contributed by atoms with Crippen LogP contribution in [0, 0.1) is 0 Å². The number of nitrogens with zero attached hydrogens (tertiary/aromatic N) is 2. The zero-order valence-corrected chi connectivity index (χ0v) is 12.2. The fourth-order valence-electron chi connectivity index (χ4n) is 2.01. The van der Waals surface area contributed by atoms with E-state index in [1.165, 1.54) is 0 Å². The molecule has 1 fully saturated rings. The Bertz CT molecular complexity index is 441. The topological polar surface area (TPSA) is 71.2 Å². The highest BCUT2D eigenvalue weighted by molar-refractivity contribution is 6.32. The number of hydrogen-bond acceptors (Lipinski definition) is 4. The number of aromatic nitrogens is 1. The third-order valence-electron chi connectivity index (χ3n) is 2.99. The number of anilines is 1. The Morgan fingerprint density at radius 1 is 1.68 bits per heavy atom. The molecule has 1 aliphatic heterocycles. The number of amides is 1. The number of nitrogens with one attached hydrogen (secondary N) is 1. The van der Waals surface area contributed by atoms with E-state index < -0.39 is 6.04 Å². The molecule has 3 N–H and O–H groups in total. The Morgan fingerprint density at radius 3 is 3.05 bits per heavy atom. The van der Waals surface area contributed by atoms with Crippen LogP contribution in [0.25, 0.3) is 0 Å². The zero-order chi connectivity index (χ0) is 13.1. The van der Waals surface area contributed by atoms with Crippen LogP contribution in [0.3, 0.4) is 0 Å². The van der Waals surface area contributed by atoms with E-state index in [4.69, 9.17) is 17.3 Å². The summed E-state index contributed by atoms with van der Waals surface area (Å²) in [6.45, 7) is 3.23. The van der Waals surface area contributed by atoms with Crippen molar-refractivity contribution < 1.29 is 4.79 Å². The predicted octanol–water partition coefficient (Wildman–Crippen LogP) is 1.20. The standard InChI is InChI=1S/C12H17ClN4O.ClH/c1-8(14)12(18)16-9-4-6-17(7-9)11-10(13)3-2-5-15-11;/h2-3,5,8-9H,4,6-7,14H2,1H3,(H,16,18);1H. The molecular weight excluding hydrogens is 287 g/mol. The van der Waals surface area contributed by atoms with Crippen LogP contribution in [0.15, 0.2) is 18.3 Å². The molecule has 0 bridgehead atoms. The van der Waals surface area contributed by atoms with E-state index >= 15 is 0 Å². The predicted molar refractivity (Wildman–Crippen MR) is 78.9 cm³/mol. The molecule has 2 rings (SSSR count). The van der Waals surface area contributed by atoms with Crippen molar-refractivity contribution in [1.29, 1.82) is 0 Å². The first-order chi connectivity index (χ1) is 8.58. The SMILES string of the molecule is CC(N)C(=O)NC1CCN(c2ncccc2Cl)C1.Cl. The van der Waals surface area contributed by atoms with Crippen molar-refractivity contribution >= 4 is 35.7 Å². The molecule has 106 valence electrons. The van der Waals surface area contributed by atoms with Gasteiger partial charge in [-0.3, -0.25) is 4.79 Å². The van der Waals surface area contributed by atoms with Crippen LogP contribution in [-0.4, -0.2) is 36.1 Å². The number of halogens is 2. The van der Waals surface area contributed by atoms with Crippen LogP contribution < -0.4 is 16.0 Å². The van der Waals surface area contributed by atoms with Gasteiger partial charge in [-0.1, -0.05) is 11.6 Å². The summed E-state index contributed by atoms with van der Waals surface area (Å²) in [7, 11) is 0. The van der Waals surface area contributed by atoms with Gasteiger partial charge in [-0.15, -0.1) is 12.4 Å². The smallest absolute Gasteiger partial charge is 0.236 e. The molecule has 0 aromatic carbocycles. The Hall–Kier alpha value is -1.04. The quantitative estimate of drug-likeness (QED) is 0.880. The highest BCUT2D eigenvalue weighted by Gasteiger charge is 2.26.